The summed E-state index contributed by atoms with van der Waals surface area (Å²) in [5, 5.41) is 12.0. The van der Waals surface area contributed by atoms with E-state index in [0.717, 1.165) is 17.1 Å². The molecule has 0 aliphatic carbocycles. The molecule has 4 aromatic rings. The number of halogens is 2. The van der Waals surface area contributed by atoms with E-state index in [0.29, 0.717) is 16.5 Å². The predicted octanol–water partition coefficient (Wildman–Crippen LogP) is 6.88. The molecule has 0 radical (unpaired) electrons. The van der Waals surface area contributed by atoms with E-state index in [2.05, 4.69) is 25.8 Å². The van der Waals surface area contributed by atoms with Crippen LogP contribution in [0.25, 0.3) is 16.7 Å². The number of fused-ring (bicyclic) bond motifs is 1. The molecule has 5 nitrogen and oxygen atoms in total. The standard InChI is InChI=1S/C29H24ClFN2O3/c1-29(2,3)17-10-8-16(9-11-17)25-24(26(34)20-15-32-23-7-5-4-6-19(20)23)27(35)28(36)33(25)18-12-13-22(31)21(30)14-18/h4-15,25,32,34H,1-3H3/b26-24-. The number of carbonyl (C=O) groups excluding carboxylic acids is 2. The van der Waals surface area contributed by atoms with Crippen molar-refractivity contribution < 1.29 is 19.1 Å². The normalized spacial score (nSPS) is 17.8. The molecule has 1 aromatic heterocycles. The van der Waals surface area contributed by atoms with Gasteiger partial charge in [-0.05, 0) is 40.8 Å². The number of benzene rings is 3. The highest BCUT2D eigenvalue weighted by molar-refractivity contribution is 6.52. The first-order chi connectivity index (χ1) is 17.1. The Hall–Kier alpha value is -3.90. The molecule has 1 aliphatic heterocycles. The van der Waals surface area contributed by atoms with Crippen LogP contribution in [0.1, 0.15) is 43.5 Å². The first-order valence-electron chi connectivity index (χ1n) is 11.5. The van der Waals surface area contributed by atoms with E-state index < -0.39 is 23.5 Å². The number of nitrogens with one attached hydrogen (secondary N) is 1. The summed E-state index contributed by atoms with van der Waals surface area (Å²) in [6, 6.07) is 17.9. The van der Waals surface area contributed by atoms with Crippen LogP contribution in [0, 0.1) is 5.82 Å². The van der Waals surface area contributed by atoms with Crippen molar-refractivity contribution >= 4 is 45.6 Å². The highest BCUT2D eigenvalue weighted by atomic mass is 35.5. The molecular formula is C29H24ClFN2O3. The van der Waals surface area contributed by atoms with Gasteiger partial charge in [0.05, 0.1) is 16.6 Å². The number of nitrogens with zero attached hydrogens (tertiary/aromatic N) is 1. The molecule has 1 fully saturated rings. The zero-order valence-electron chi connectivity index (χ0n) is 20.0. The molecule has 2 heterocycles. The Morgan fingerprint density at radius 2 is 1.72 bits per heavy atom. The summed E-state index contributed by atoms with van der Waals surface area (Å²) in [7, 11) is 0. The maximum Gasteiger partial charge on any atom is 0.300 e. The quantitative estimate of drug-likeness (QED) is 0.182. The average Bonchev–Trinajstić information content (AvgIpc) is 3.39. The van der Waals surface area contributed by atoms with Gasteiger partial charge in [-0.3, -0.25) is 14.5 Å². The van der Waals surface area contributed by atoms with Gasteiger partial charge >= 0.3 is 0 Å². The van der Waals surface area contributed by atoms with Gasteiger partial charge in [0.1, 0.15) is 11.6 Å². The van der Waals surface area contributed by atoms with E-state index >= 15 is 0 Å². The minimum atomic E-state index is -0.936. The third-order valence-electron chi connectivity index (χ3n) is 6.56. The van der Waals surface area contributed by atoms with Crippen molar-refractivity contribution in [1.82, 2.24) is 4.98 Å². The van der Waals surface area contributed by atoms with Gasteiger partial charge in [0.2, 0.25) is 0 Å². The van der Waals surface area contributed by atoms with Crippen LogP contribution in [0.3, 0.4) is 0 Å². The number of ketones is 1. The fourth-order valence-electron chi connectivity index (χ4n) is 4.63. The van der Waals surface area contributed by atoms with Gasteiger partial charge in [0.25, 0.3) is 11.7 Å². The average molecular weight is 503 g/mol. The maximum atomic E-state index is 13.9. The van der Waals surface area contributed by atoms with Crippen LogP contribution in [0.5, 0.6) is 0 Å². The van der Waals surface area contributed by atoms with Crippen molar-refractivity contribution in [2.45, 2.75) is 32.2 Å². The molecule has 3 aromatic carbocycles. The van der Waals surface area contributed by atoms with Gasteiger partial charge in [0.15, 0.2) is 0 Å². The van der Waals surface area contributed by atoms with Crippen molar-refractivity contribution in [3.8, 4) is 0 Å². The predicted molar refractivity (Wildman–Crippen MR) is 140 cm³/mol. The van der Waals surface area contributed by atoms with Crippen LogP contribution in [-0.4, -0.2) is 21.8 Å². The number of hydrogen-bond acceptors (Lipinski definition) is 3. The van der Waals surface area contributed by atoms with E-state index in [4.69, 9.17) is 11.6 Å². The van der Waals surface area contributed by atoms with Crippen molar-refractivity contribution in [3.63, 3.8) is 0 Å². The second-order valence-corrected chi connectivity index (χ2v) is 10.3. The van der Waals surface area contributed by atoms with Crippen molar-refractivity contribution in [2.24, 2.45) is 0 Å². The third kappa shape index (κ3) is 3.88. The molecule has 5 rings (SSSR count). The lowest BCUT2D eigenvalue weighted by molar-refractivity contribution is -0.132. The number of rotatable bonds is 3. The second kappa shape index (κ2) is 8.64. The fourth-order valence-corrected chi connectivity index (χ4v) is 4.80. The number of hydrogen-bond donors (Lipinski definition) is 2. The molecule has 0 spiro atoms. The van der Waals surface area contributed by atoms with Gasteiger partial charge in [-0.15, -0.1) is 0 Å². The van der Waals surface area contributed by atoms with Crippen molar-refractivity contribution in [2.75, 3.05) is 4.90 Å². The molecule has 36 heavy (non-hydrogen) atoms. The van der Waals surface area contributed by atoms with Gasteiger partial charge < -0.3 is 10.1 Å². The van der Waals surface area contributed by atoms with Gasteiger partial charge in [-0.25, -0.2) is 4.39 Å². The maximum absolute atomic E-state index is 13.9. The van der Waals surface area contributed by atoms with E-state index in [9.17, 15) is 19.1 Å². The Balaban J connectivity index is 1.74. The molecule has 1 aliphatic rings. The molecule has 1 unspecified atom stereocenters. The lowest BCUT2D eigenvalue weighted by Gasteiger charge is -2.26. The smallest absolute Gasteiger partial charge is 0.300 e. The van der Waals surface area contributed by atoms with Crippen LogP contribution in [0.4, 0.5) is 10.1 Å². The van der Waals surface area contributed by atoms with Gasteiger partial charge in [-0.2, -0.15) is 0 Å². The Morgan fingerprint density at radius 3 is 2.39 bits per heavy atom. The molecule has 1 atom stereocenters. The molecule has 2 N–H and O–H groups in total. The Kier molecular flexibility index (Phi) is 5.72. The monoisotopic (exact) mass is 502 g/mol. The summed E-state index contributed by atoms with van der Waals surface area (Å²) in [6.07, 6.45) is 1.61. The topological polar surface area (TPSA) is 73.4 Å². The summed E-state index contributed by atoms with van der Waals surface area (Å²) >= 11 is 6.02. The minimum Gasteiger partial charge on any atom is -0.507 e. The van der Waals surface area contributed by atoms with E-state index in [1.54, 1.807) is 6.20 Å². The number of aliphatic hydroxyl groups is 1. The Bertz CT molecular complexity index is 1550. The first kappa shape index (κ1) is 23.8. The minimum absolute atomic E-state index is 0.0475. The number of para-hydroxylation sites is 1. The lowest BCUT2D eigenvalue weighted by atomic mass is 9.85. The molecular weight excluding hydrogens is 479 g/mol. The van der Waals surface area contributed by atoms with Crippen molar-refractivity contribution in [3.05, 3.63) is 106 Å². The van der Waals surface area contributed by atoms with E-state index in [-0.39, 0.29) is 27.5 Å². The molecule has 1 amide bonds. The van der Waals surface area contributed by atoms with E-state index in [1.807, 2.05) is 48.5 Å². The summed E-state index contributed by atoms with van der Waals surface area (Å²) in [5.74, 6) is -2.58. The Morgan fingerprint density at radius 1 is 1.03 bits per heavy atom. The number of H-pyrrole nitrogens is 1. The van der Waals surface area contributed by atoms with Gasteiger partial charge in [-0.1, -0.05) is 74.8 Å². The number of Topliss-reactive ketones (excluding diaryl/α,β-unsaturated/α-hetero) is 1. The van der Waals surface area contributed by atoms with Crippen LogP contribution in [0.15, 0.2) is 78.5 Å². The number of amides is 1. The summed E-state index contributed by atoms with van der Waals surface area (Å²) in [6.45, 7) is 6.27. The van der Waals surface area contributed by atoms with Gasteiger partial charge in [0, 0.05) is 28.4 Å². The Labute approximate surface area is 212 Å². The van der Waals surface area contributed by atoms with Crippen molar-refractivity contribution in [1.29, 1.82) is 0 Å². The van der Waals surface area contributed by atoms with E-state index in [1.165, 1.54) is 17.0 Å². The van der Waals surface area contributed by atoms with Crippen LogP contribution < -0.4 is 4.90 Å². The number of carbonyl (C=O) groups is 2. The highest BCUT2D eigenvalue weighted by Gasteiger charge is 2.47. The first-order valence-corrected chi connectivity index (χ1v) is 11.9. The number of aromatic nitrogens is 1. The summed E-state index contributed by atoms with van der Waals surface area (Å²) in [5.41, 5.74) is 3.00. The largest absolute Gasteiger partial charge is 0.507 e. The number of aromatic amines is 1. The highest BCUT2D eigenvalue weighted by Crippen LogP contribution is 2.44. The molecule has 1 saturated heterocycles. The number of anilines is 1. The molecule has 7 heteroatoms. The summed E-state index contributed by atoms with van der Waals surface area (Å²) < 4.78 is 13.9. The van der Waals surface area contributed by atoms with Crippen LogP contribution in [0.2, 0.25) is 5.02 Å². The second-order valence-electron chi connectivity index (χ2n) is 9.89. The fraction of sp³-hybridized carbons (Fsp3) is 0.172. The van der Waals surface area contributed by atoms with Crippen LogP contribution >= 0.6 is 11.6 Å². The van der Waals surface area contributed by atoms with Crippen LogP contribution in [-0.2, 0) is 15.0 Å². The summed E-state index contributed by atoms with van der Waals surface area (Å²) in [4.78, 5) is 31.1. The molecule has 182 valence electrons. The zero-order valence-corrected chi connectivity index (χ0v) is 20.7. The third-order valence-corrected chi connectivity index (χ3v) is 6.85. The number of aliphatic hydroxyl groups excluding tert-OH is 1. The zero-order chi connectivity index (χ0) is 25.8. The SMILES string of the molecule is CC(C)(C)c1ccc(C2/C(=C(/O)c3c[nH]c4ccccc34)C(=O)C(=O)N2c2ccc(F)c(Cl)c2)cc1. The molecule has 0 saturated carbocycles. The lowest BCUT2D eigenvalue weighted by Crippen LogP contribution is -2.29. The molecule has 0 bridgehead atoms.